The lowest BCUT2D eigenvalue weighted by Crippen LogP contribution is -2.29. The molecule has 1 atom stereocenters. The van der Waals surface area contributed by atoms with Gasteiger partial charge in [0, 0.05) is 10.0 Å². The SMILES string of the molecule is CC(F)(c1ccccc1Br)C1CCCCC1. The maximum atomic E-state index is 14.9. The molecule has 1 aromatic rings. The maximum absolute atomic E-state index is 14.9. The average molecular weight is 285 g/mol. The van der Waals surface area contributed by atoms with Crippen molar-refractivity contribution in [3.8, 4) is 0 Å². The monoisotopic (exact) mass is 284 g/mol. The van der Waals surface area contributed by atoms with Crippen LogP contribution in [0.3, 0.4) is 0 Å². The van der Waals surface area contributed by atoms with Crippen molar-refractivity contribution in [1.82, 2.24) is 0 Å². The first kappa shape index (κ1) is 12.1. The van der Waals surface area contributed by atoms with Gasteiger partial charge in [-0.05, 0) is 31.7 Å². The highest BCUT2D eigenvalue weighted by atomic mass is 79.9. The summed E-state index contributed by atoms with van der Waals surface area (Å²) in [4.78, 5) is 0. The molecule has 0 aliphatic heterocycles. The Morgan fingerprint density at radius 1 is 1.19 bits per heavy atom. The van der Waals surface area contributed by atoms with Crippen LogP contribution in [0.1, 0.15) is 44.6 Å². The Morgan fingerprint density at radius 2 is 1.81 bits per heavy atom. The van der Waals surface area contributed by atoms with E-state index < -0.39 is 5.67 Å². The van der Waals surface area contributed by atoms with Crippen LogP contribution in [0.2, 0.25) is 0 Å². The number of halogens is 2. The van der Waals surface area contributed by atoms with Gasteiger partial charge in [0.05, 0.1) is 0 Å². The fourth-order valence-electron chi connectivity index (χ4n) is 2.72. The first-order valence-electron chi connectivity index (χ1n) is 6.06. The molecule has 2 rings (SSSR count). The minimum Gasteiger partial charge on any atom is -0.239 e. The highest BCUT2D eigenvalue weighted by molar-refractivity contribution is 9.10. The Morgan fingerprint density at radius 3 is 2.44 bits per heavy atom. The quantitative estimate of drug-likeness (QED) is 0.699. The summed E-state index contributed by atoms with van der Waals surface area (Å²) in [6.07, 6.45) is 5.66. The van der Waals surface area contributed by atoms with E-state index >= 15 is 0 Å². The molecule has 0 nitrogen and oxygen atoms in total. The Kier molecular flexibility index (Phi) is 3.68. The van der Waals surface area contributed by atoms with Gasteiger partial charge in [-0.2, -0.15) is 0 Å². The Hall–Kier alpha value is -0.370. The summed E-state index contributed by atoms with van der Waals surface area (Å²) in [7, 11) is 0. The van der Waals surface area contributed by atoms with Gasteiger partial charge in [-0.15, -0.1) is 0 Å². The van der Waals surface area contributed by atoms with Crippen molar-refractivity contribution in [2.45, 2.75) is 44.7 Å². The van der Waals surface area contributed by atoms with E-state index in [1.165, 1.54) is 19.3 Å². The smallest absolute Gasteiger partial charge is 0.137 e. The first-order valence-corrected chi connectivity index (χ1v) is 6.85. The second-order valence-electron chi connectivity index (χ2n) is 4.89. The van der Waals surface area contributed by atoms with Crippen molar-refractivity contribution in [1.29, 1.82) is 0 Å². The summed E-state index contributed by atoms with van der Waals surface area (Å²) in [5.74, 6) is 0.181. The van der Waals surface area contributed by atoms with Crippen LogP contribution in [0.4, 0.5) is 4.39 Å². The molecule has 0 saturated heterocycles. The van der Waals surface area contributed by atoms with E-state index in [4.69, 9.17) is 0 Å². The Balaban J connectivity index is 2.26. The summed E-state index contributed by atoms with van der Waals surface area (Å²) in [5.41, 5.74) is -0.387. The minimum atomic E-state index is -1.19. The lowest BCUT2D eigenvalue weighted by Gasteiger charge is -2.34. The van der Waals surface area contributed by atoms with Gasteiger partial charge in [0.15, 0.2) is 0 Å². The van der Waals surface area contributed by atoms with Gasteiger partial charge in [-0.1, -0.05) is 53.4 Å². The van der Waals surface area contributed by atoms with E-state index in [0.717, 1.165) is 22.9 Å². The molecule has 1 saturated carbocycles. The minimum absolute atomic E-state index is 0.181. The summed E-state index contributed by atoms with van der Waals surface area (Å²) < 4.78 is 15.8. The average Bonchev–Trinajstić information content (AvgIpc) is 2.30. The predicted molar refractivity (Wildman–Crippen MR) is 69.2 cm³/mol. The van der Waals surface area contributed by atoms with Gasteiger partial charge < -0.3 is 0 Å². The number of rotatable bonds is 2. The molecule has 0 N–H and O–H groups in total. The second kappa shape index (κ2) is 4.87. The van der Waals surface area contributed by atoms with Crippen LogP contribution in [-0.4, -0.2) is 0 Å². The number of benzene rings is 1. The van der Waals surface area contributed by atoms with Crippen LogP contribution in [0.15, 0.2) is 28.7 Å². The summed E-state index contributed by atoms with van der Waals surface area (Å²) in [6.45, 7) is 1.74. The van der Waals surface area contributed by atoms with Crippen LogP contribution in [0.25, 0.3) is 0 Å². The van der Waals surface area contributed by atoms with Crippen molar-refractivity contribution in [3.05, 3.63) is 34.3 Å². The maximum Gasteiger partial charge on any atom is 0.137 e. The molecule has 16 heavy (non-hydrogen) atoms. The molecule has 0 bridgehead atoms. The van der Waals surface area contributed by atoms with Crippen LogP contribution >= 0.6 is 15.9 Å². The van der Waals surface area contributed by atoms with Gasteiger partial charge in [0.1, 0.15) is 5.67 Å². The summed E-state index contributed by atoms with van der Waals surface area (Å²) in [5, 5.41) is 0. The summed E-state index contributed by atoms with van der Waals surface area (Å²) >= 11 is 3.46. The third kappa shape index (κ3) is 2.32. The van der Waals surface area contributed by atoms with Gasteiger partial charge in [0.25, 0.3) is 0 Å². The van der Waals surface area contributed by atoms with E-state index in [0.29, 0.717) is 0 Å². The molecule has 0 spiro atoms. The molecule has 0 aromatic heterocycles. The number of hydrogen-bond donors (Lipinski definition) is 0. The van der Waals surface area contributed by atoms with Gasteiger partial charge >= 0.3 is 0 Å². The summed E-state index contributed by atoms with van der Waals surface area (Å²) in [6, 6.07) is 7.68. The molecular formula is C14H18BrF. The highest BCUT2D eigenvalue weighted by Gasteiger charge is 2.37. The number of hydrogen-bond acceptors (Lipinski definition) is 0. The van der Waals surface area contributed by atoms with Gasteiger partial charge in [0.2, 0.25) is 0 Å². The number of alkyl halides is 1. The van der Waals surface area contributed by atoms with Crippen LogP contribution in [0, 0.1) is 5.92 Å². The third-order valence-corrected chi connectivity index (χ3v) is 4.46. The lowest BCUT2D eigenvalue weighted by atomic mass is 9.76. The largest absolute Gasteiger partial charge is 0.239 e. The standard InChI is InChI=1S/C14H18BrF/c1-14(16,11-7-3-2-4-8-11)12-9-5-6-10-13(12)15/h5-6,9-11H,2-4,7-8H2,1H3. The Bertz CT molecular complexity index is 354. The molecule has 1 aromatic carbocycles. The molecule has 0 amide bonds. The van der Waals surface area contributed by atoms with E-state index in [2.05, 4.69) is 15.9 Å². The zero-order valence-corrected chi connectivity index (χ0v) is 11.3. The fraction of sp³-hybridized carbons (Fsp3) is 0.571. The van der Waals surface area contributed by atoms with Crippen molar-refractivity contribution in [2.75, 3.05) is 0 Å². The van der Waals surface area contributed by atoms with E-state index in [-0.39, 0.29) is 5.92 Å². The Labute approximate surface area is 105 Å². The van der Waals surface area contributed by atoms with Crippen LogP contribution in [0.5, 0.6) is 0 Å². The van der Waals surface area contributed by atoms with Crippen LogP contribution < -0.4 is 0 Å². The molecule has 1 aliphatic carbocycles. The molecular weight excluding hydrogens is 267 g/mol. The predicted octanol–water partition coefficient (Wildman–Crippen LogP) is 5.21. The van der Waals surface area contributed by atoms with Gasteiger partial charge in [-0.25, -0.2) is 4.39 Å². The van der Waals surface area contributed by atoms with Crippen molar-refractivity contribution in [2.24, 2.45) is 5.92 Å². The first-order chi connectivity index (χ1) is 7.62. The van der Waals surface area contributed by atoms with Crippen molar-refractivity contribution >= 4 is 15.9 Å². The third-order valence-electron chi connectivity index (χ3n) is 3.77. The van der Waals surface area contributed by atoms with Gasteiger partial charge in [-0.3, -0.25) is 0 Å². The zero-order chi connectivity index (χ0) is 11.6. The van der Waals surface area contributed by atoms with E-state index in [1.807, 2.05) is 24.3 Å². The van der Waals surface area contributed by atoms with E-state index in [9.17, 15) is 4.39 Å². The lowest BCUT2D eigenvalue weighted by molar-refractivity contribution is 0.0719. The molecule has 1 aliphatic rings. The molecule has 1 fully saturated rings. The molecule has 0 heterocycles. The molecule has 88 valence electrons. The van der Waals surface area contributed by atoms with Crippen LogP contribution in [-0.2, 0) is 5.67 Å². The topological polar surface area (TPSA) is 0 Å². The normalized spacial score (nSPS) is 21.7. The highest BCUT2D eigenvalue weighted by Crippen LogP contribution is 2.44. The van der Waals surface area contributed by atoms with Crippen molar-refractivity contribution in [3.63, 3.8) is 0 Å². The van der Waals surface area contributed by atoms with Crippen molar-refractivity contribution < 1.29 is 4.39 Å². The van der Waals surface area contributed by atoms with E-state index in [1.54, 1.807) is 6.92 Å². The zero-order valence-electron chi connectivity index (χ0n) is 9.68. The second-order valence-corrected chi connectivity index (χ2v) is 5.74. The molecule has 2 heteroatoms. The molecule has 0 radical (unpaired) electrons. The fourth-order valence-corrected chi connectivity index (χ4v) is 3.39. The molecule has 1 unspecified atom stereocenters.